The molecule has 0 aliphatic heterocycles. The standard InChI is InChI=1S/C32H46F2O3/c1-3-5-6-21-36-27-15-7-23(8-16-27)22-37-28-17-13-25(14-18-28)24-9-11-26(12-10-24)29-19-20-30(35-4-2)32(34)31(29)33/h3,9,11,19-20,23-28H,1,4-8,10,12-18,21-22H2,2H3. The van der Waals surface area contributed by atoms with Crippen molar-refractivity contribution in [3.8, 4) is 5.75 Å². The van der Waals surface area contributed by atoms with E-state index in [1.54, 1.807) is 19.1 Å². The van der Waals surface area contributed by atoms with Crippen LogP contribution in [0, 0.1) is 29.4 Å². The lowest BCUT2D eigenvalue weighted by Gasteiger charge is -2.36. The van der Waals surface area contributed by atoms with Crippen molar-refractivity contribution in [1.29, 1.82) is 0 Å². The lowest BCUT2D eigenvalue weighted by atomic mass is 9.73. The molecule has 3 aliphatic carbocycles. The fourth-order valence-corrected chi connectivity index (χ4v) is 6.49. The van der Waals surface area contributed by atoms with E-state index >= 15 is 0 Å². The molecule has 2 fully saturated rings. The van der Waals surface area contributed by atoms with Gasteiger partial charge in [0, 0.05) is 19.1 Å². The maximum Gasteiger partial charge on any atom is 0.200 e. The average Bonchev–Trinajstić information content (AvgIpc) is 2.94. The van der Waals surface area contributed by atoms with Gasteiger partial charge < -0.3 is 14.2 Å². The van der Waals surface area contributed by atoms with Crippen LogP contribution in [0.3, 0.4) is 0 Å². The fraction of sp³-hybridized carbons (Fsp3) is 0.688. The Morgan fingerprint density at radius 2 is 1.59 bits per heavy atom. The van der Waals surface area contributed by atoms with Crippen molar-refractivity contribution < 1.29 is 23.0 Å². The molecular formula is C32H46F2O3. The molecule has 4 rings (SSSR count). The van der Waals surface area contributed by atoms with Crippen LogP contribution in [0.4, 0.5) is 8.78 Å². The molecule has 0 N–H and O–H groups in total. The minimum Gasteiger partial charge on any atom is -0.491 e. The first-order chi connectivity index (χ1) is 18.1. The average molecular weight is 517 g/mol. The maximum atomic E-state index is 14.7. The topological polar surface area (TPSA) is 27.7 Å². The van der Waals surface area contributed by atoms with Crippen LogP contribution in [-0.4, -0.2) is 32.0 Å². The van der Waals surface area contributed by atoms with Crippen molar-refractivity contribution in [2.75, 3.05) is 19.8 Å². The van der Waals surface area contributed by atoms with Crippen LogP contribution in [0.1, 0.15) is 95.5 Å². The van der Waals surface area contributed by atoms with Crippen LogP contribution in [0.5, 0.6) is 5.75 Å². The van der Waals surface area contributed by atoms with Crippen LogP contribution < -0.4 is 4.74 Å². The molecule has 0 bridgehead atoms. The third-order valence-corrected chi connectivity index (χ3v) is 8.77. The molecule has 3 nitrogen and oxygen atoms in total. The molecule has 1 aromatic rings. The zero-order chi connectivity index (χ0) is 26.0. The number of benzene rings is 1. The van der Waals surface area contributed by atoms with Crippen molar-refractivity contribution in [3.63, 3.8) is 0 Å². The van der Waals surface area contributed by atoms with Gasteiger partial charge in [0.25, 0.3) is 0 Å². The summed E-state index contributed by atoms with van der Waals surface area (Å²) in [6.45, 7) is 7.61. The van der Waals surface area contributed by atoms with Crippen molar-refractivity contribution in [1.82, 2.24) is 0 Å². The Morgan fingerprint density at radius 1 is 0.865 bits per heavy atom. The SMILES string of the molecule is C=CCCCOC1CCC(COC2CCC(C3C=CC(c4ccc(OCC)c(F)c4F)CC3)CC2)CC1. The van der Waals surface area contributed by atoms with Crippen LogP contribution in [0.2, 0.25) is 0 Å². The summed E-state index contributed by atoms with van der Waals surface area (Å²) in [7, 11) is 0. The molecule has 206 valence electrons. The second-order valence-electron chi connectivity index (χ2n) is 11.3. The Bertz CT molecular complexity index is 869. The largest absolute Gasteiger partial charge is 0.491 e. The summed E-state index contributed by atoms with van der Waals surface area (Å²) in [6.07, 6.45) is 20.6. The zero-order valence-corrected chi connectivity index (χ0v) is 22.6. The van der Waals surface area contributed by atoms with E-state index in [1.807, 2.05) is 6.08 Å². The molecule has 2 unspecified atom stereocenters. The van der Waals surface area contributed by atoms with Crippen LogP contribution in [0.25, 0.3) is 0 Å². The van der Waals surface area contributed by atoms with Crippen molar-refractivity contribution >= 4 is 0 Å². The molecule has 5 heteroatoms. The Labute approximate surface area is 222 Å². The molecule has 37 heavy (non-hydrogen) atoms. The third kappa shape index (κ3) is 7.89. The number of unbranched alkanes of at least 4 members (excludes halogenated alkanes) is 1. The Morgan fingerprint density at radius 3 is 2.27 bits per heavy atom. The molecule has 0 heterocycles. The van der Waals surface area contributed by atoms with Gasteiger partial charge in [-0.25, -0.2) is 4.39 Å². The molecule has 0 spiro atoms. The highest BCUT2D eigenvalue weighted by Gasteiger charge is 2.31. The molecule has 0 radical (unpaired) electrons. The molecule has 3 aliphatic rings. The van der Waals surface area contributed by atoms with E-state index in [0.29, 0.717) is 42.1 Å². The van der Waals surface area contributed by atoms with E-state index in [0.717, 1.165) is 64.6 Å². The highest BCUT2D eigenvalue weighted by Crippen LogP contribution is 2.41. The van der Waals surface area contributed by atoms with Crippen molar-refractivity contribution in [2.24, 2.45) is 17.8 Å². The highest BCUT2D eigenvalue weighted by atomic mass is 19.2. The smallest absolute Gasteiger partial charge is 0.200 e. The van der Waals surface area contributed by atoms with Gasteiger partial charge in [-0.2, -0.15) is 4.39 Å². The second kappa shape index (κ2) is 14.4. The summed E-state index contributed by atoms with van der Waals surface area (Å²) in [5, 5.41) is 0. The highest BCUT2D eigenvalue weighted by molar-refractivity contribution is 5.35. The van der Waals surface area contributed by atoms with Gasteiger partial charge in [-0.3, -0.25) is 0 Å². The van der Waals surface area contributed by atoms with Gasteiger partial charge in [0.2, 0.25) is 5.82 Å². The van der Waals surface area contributed by atoms with Crippen molar-refractivity contribution in [3.05, 3.63) is 54.1 Å². The third-order valence-electron chi connectivity index (χ3n) is 8.77. The Hall–Kier alpha value is -1.72. The number of rotatable bonds is 12. The zero-order valence-electron chi connectivity index (χ0n) is 22.6. The number of allylic oxidation sites excluding steroid dienone is 3. The molecule has 0 saturated heterocycles. The Kier molecular flexibility index (Phi) is 11.0. The van der Waals surface area contributed by atoms with E-state index in [9.17, 15) is 8.78 Å². The summed E-state index contributed by atoms with van der Waals surface area (Å²) in [5.74, 6) is 0.194. The van der Waals surface area contributed by atoms with Gasteiger partial charge in [0.15, 0.2) is 11.6 Å². The van der Waals surface area contributed by atoms with E-state index in [1.165, 1.54) is 25.7 Å². The first-order valence-corrected chi connectivity index (χ1v) is 14.7. The van der Waals surface area contributed by atoms with Crippen LogP contribution in [-0.2, 0) is 9.47 Å². The lowest BCUT2D eigenvalue weighted by molar-refractivity contribution is -0.0301. The van der Waals surface area contributed by atoms with E-state index in [-0.39, 0.29) is 11.7 Å². The Balaban J connectivity index is 1.15. The van der Waals surface area contributed by atoms with Gasteiger partial charge in [-0.1, -0.05) is 24.3 Å². The summed E-state index contributed by atoms with van der Waals surface area (Å²) in [4.78, 5) is 0. The number of hydrogen-bond donors (Lipinski definition) is 0. The summed E-state index contributed by atoms with van der Waals surface area (Å²) in [5.41, 5.74) is 0.445. The minimum atomic E-state index is -0.867. The van der Waals surface area contributed by atoms with Crippen LogP contribution >= 0.6 is 0 Å². The molecule has 0 amide bonds. The van der Waals surface area contributed by atoms with E-state index < -0.39 is 11.6 Å². The number of halogens is 2. The van der Waals surface area contributed by atoms with Gasteiger partial charge >= 0.3 is 0 Å². The molecule has 0 aromatic heterocycles. The van der Waals surface area contributed by atoms with Gasteiger partial charge in [-0.05, 0) is 113 Å². The lowest BCUT2D eigenvalue weighted by Crippen LogP contribution is -2.29. The summed E-state index contributed by atoms with van der Waals surface area (Å²) in [6, 6.07) is 3.24. The number of ether oxygens (including phenoxy) is 3. The van der Waals surface area contributed by atoms with Crippen molar-refractivity contribution in [2.45, 2.75) is 102 Å². The number of hydrogen-bond acceptors (Lipinski definition) is 3. The first kappa shape index (κ1) is 28.3. The maximum absolute atomic E-state index is 14.7. The quantitative estimate of drug-likeness (QED) is 0.206. The molecular weight excluding hydrogens is 470 g/mol. The van der Waals surface area contributed by atoms with E-state index in [4.69, 9.17) is 14.2 Å². The monoisotopic (exact) mass is 516 g/mol. The summed E-state index contributed by atoms with van der Waals surface area (Å²) < 4.78 is 46.6. The first-order valence-electron chi connectivity index (χ1n) is 14.7. The second-order valence-corrected chi connectivity index (χ2v) is 11.3. The van der Waals surface area contributed by atoms with Crippen LogP contribution in [0.15, 0.2) is 36.9 Å². The molecule has 2 saturated carbocycles. The normalized spacial score (nSPS) is 30.2. The fourth-order valence-electron chi connectivity index (χ4n) is 6.49. The van der Waals surface area contributed by atoms with Gasteiger partial charge in [0.1, 0.15) is 0 Å². The predicted octanol–water partition coefficient (Wildman–Crippen LogP) is 8.53. The minimum absolute atomic E-state index is 0.00278. The van der Waals surface area contributed by atoms with E-state index in [2.05, 4.69) is 18.7 Å². The summed E-state index contributed by atoms with van der Waals surface area (Å²) >= 11 is 0. The predicted molar refractivity (Wildman–Crippen MR) is 145 cm³/mol. The molecule has 1 aromatic carbocycles. The van der Waals surface area contributed by atoms with Gasteiger partial charge in [-0.15, -0.1) is 6.58 Å². The molecule has 2 atom stereocenters. The van der Waals surface area contributed by atoms with Gasteiger partial charge in [0.05, 0.1) is 18.8 Å².